The van der Waals surface area contributed by atoms with E-state index >= 15 is 0 Å². The maximum atomic E-state index is 13.6. The van der Waals surface area contributed by atoms with Gasteiger partial charge in [-0.05, 0) is 11.6 Å². The fourth-order valence-corrected chi connectivity index (χ4v) is 2.71. The molecular weight excluding hydrogens is 286 g/mol. The maximum absolute atomic E-state index is 13.6. The second kappa shape index (κ2) is 4.99. The standard InChI is InChI=1S/C16H12F2N4/c17-12-6-11-8-19-9-15-16(10-4-2-1-3-5-10)20-21-22(15)14(11)7-13(12)18/h1-7,19H,8-9H2. The second-order valence-corrected chi connectivity index (χ2v) is 5.16. The summed E-state index contributed by atoms with van der Waals surface area (Å²) in [6.07, 6.45) is 0. The largest absolute Gasteiger partial charge is 0.307 e. The molecule has 2 heterocycles. The Kier molecular flexibility index (Phi) is 2.97. The van der Waals surface area contributed by atoms with E-state index in [1.807, 2.05) is 30.3 Å². The quantitative estimate of drug-likeness (QED) is 0.751. The zero-order valence-corrected chi connectivity index (χ0v) is 11.6. The van der Waals surface area contributed by atoms with E-state index in [0.717, 1.165) is 17.0 Å². The zero-order valence-electron chi connectivity index (χ0n) is 11.6. The molecule has 6 heteroatoms. The number of nitrogens with one attached hydrogen (secondary N) is 1. The molecule has 1 aliphatic heterocycles. The van der Waals surface area contributed by atoms with Gasteiger partial charge in [0, 0.05) is 24.7 Å². The van der Waals surface area contributed by atoms with Crippen LogP contribution in [0.5, 0.6) is 0 Å². The molecule has 0 atom stereocenters. The molecule has 0 radical (unpaired) electrons. The summed E-state index contributed by atoms with van der Waals surface area (Å²) in [7, 11) is 0. The summed E-state index contributed by atoms with van der Waals surface area (Å²) in [5.74, 6) is -1.74. The molecule has 0 aliphatic carbocycles. The van der Waals surface area contributed by atoms with Crippen LogP contribution in [0.15, 0.2) is 42.5 Å². The fourth-order valence-electron chi connectivity index (χ4n) is 2.71. The number of benzene rings is 2. The molecule has 22 heavy (non-hydrogen) atoms. The summed E-state index contributed by atoms with van der Waals surface area (Å²) in [5.41, 5.74) is 3.69. The molecule has 1 N–H and O–H groups in total. The minimum absolute atomic E-state index is 0.449. The summed E-state index contributed by atoms with van der Waals surface area (Å²) in [6, 6.07) is 12.0. The van der Waals surface area contributed by atoms with E-state index in [4.69, 9.17) is 0 Å². The summed E-state index contributed by atoms with van der Waals surface area (Å²) in [4.78, 5) is 0. The van der Waals surface area contributed by atoms with Gasteiger partial charge in [-0.15, -0.1) is 5.10 Å². The van der Waals surface area contributed by atoms with Crippen LogP contribution in [0.1, 0.15) is 11.3 Å². The Balaban J connectivity index is 1.92. The Hall–Kier alpha value is -2.60. The van der Waals surface area contributed by atoms with Gasteiger partial charge in [0.05, 0.1) is 11.4 Å². The second-order valence-electron chi connectivity index (χ2n) is 5.16. The topological polar surface area (TPSA) is 42.7 Å². The van der Waals surface area contributed by atoms with Gasteiger partial charge in [0.1, 0.15) is 5.69 Å². The summed E-state index contributed by atoms with van der Waals surface area (Å²) in [6.45, 7) is 0.971. The molecule has 4 rings (SSSR count). The molecule has 0 spiro atoms. The van der Waals surface area contributed by atoms with Crippen molar-refractivity contribution in [3.8, 4) is 16.9 Å². The summed E-state index contributed by atoms with van der Waals surface area (Å²) < 4.78 is 28.6. The van der Waals surface area contributed by atoms with Gasteiger partial charge in [-0.2, -0.15) is 0 Å². The third-order valence-electron chi connectivity index (χ3n) is 3.77. The normalized spacial score (nSPS) is 13.4. The van der Waals surface area contributed by atoms with E-state index < -0.39 is 11.6 Å². The summed E-state index contributed by atoms with van der Waals surface area (Å²) >= 11 is 0. The molecule has 0 saturated carbocycles. The number of fused-ring (bicyclic) bond motifs is 3. The lowest BCUT2D eigenvalue weighted by Crippen LogP contribution is -2.11. The van der Waals surface area contributed by atoms with Crippen molar-refractivity contribution in [1.82, 2.24) is 20.3 Å². The van der Waals surface area contributed by atoms with Crippen molar-refractivity contribution in [1.29, 1.82) is 0 Å². The van der Waals surface area contributed by atoms with E-state index in [9.17, 15) is 8.78 Å². The molecule has 0 fully saturated rings. The van der Waals surface area contributed by atoms with Crippen molar-refractivity contribution >= 4 is 0 Å². The molecular formula is C16H12F2N4. The molecule has 0 unspecified atom stereocenters. The lowest BCUT2D eigenvalue weighted by atomic mass is 10.1. The van der Waals surface area contributed by atoms with Crippen molar-refractivity contribution in [3.05, 3.63) is 65.4 Å². The lowest BCUT2D eigenvalue weighted by molar-refractivity contribution is 0.505. The van der Waals surface area contributed by atoms with Gasteiger partial charge in [0.15, 0.2) is 11.6 Å². The third-order valence-corrected chi connectivity index (χ3v) is 3.77. The van der Waals surface area contributed by atoms with Crippen molar-refractivity contribution in [3.63, 3.8) is 0 Å². The molecule has 0 amide bonds. The van der Waals surface area contributed by atoms with Crippen LogP contribution < -0.4 is 5.32 Å². The number of aromatic nitrogens is 3. The first-order valence-electron chi connectivity index (χ1n) is 6.93. The highest BCUT2D eigenvalue weighted by Gasteiger charge is 2.22. The predicted octanol–water partition coefficient (Wildman–Crippen LogP) is 2.82. The van der Waals surface area contributed by atoms with Crippen LogP contribution in [0, 0.1) is 11.6 Å². The highest BCUT2D eigenvalue weighted by molar-refractivity contribution is 5.62. The van der Waals surface area contributed by atoms with Crippen LogP contribution in [0.2, 0.25) is 0 Å². The van der Waals surface area contributed by atoms with Crippen LogP contribution in [0.3, 0.4) is 0 Å². The van der Waals surface area contributed by atoms with Crippen molar-refractivity contribution in [2.24, 2.45) is 0 Å². The Morgan fingerprint density at radius 3 is 2.59 bits per heavy atom. The molecule has 1 aliphatic rings. The smallest absolute Gasteiger partial charge is 0.160 e. The van der Waals surface area contributed by atoms with Crippen LogP contribution in [0.25, 0.3) is 16.9 Å². The molecule has 0 saturated heterocycles. The Morgan fingerprint density at radius 1 is 1.00 bits per heavy atom. The molecule has 3 aromatic rings. The van der Waals surface area contributed by atoms with E-state index in [0.29, 0.717) is 24.3 Å². The first-order chi connectivity index (χ1) is 10.7. The average Bonchev–Trinajstić information content (AvgIpc) is 2.87. The van der Waals surface area contributed by atoms with Gasteiger partial charge in [0.2, 0.25) is 0 Å². The van der Waals surface area contributed by atoms with Gasteiger partial charge in [-0.1, -0.05) is 35.5 Å². The van der Waals surface area contributed by atoms with Crippen LogP contribution >= 0.6 is 0 Å². The summed E-state index contributed by atoms with van der Waals surface area (Å²) in [5, 5.41) is 11.6. The van der Waals surface area contributed by atoms with E-state index in [1.54, 1.807) is 4.68 Å². The number of hydrogen-bond donors (Lipinski definition) is 1. The van der Waals surface area contributed by atoms with Crippen molar-refractivity contribution in [2.45, 2.75) is 13.1 Å². The van der Waals surface area contributed by atoms with Crippen molar-refractivity contribution in [2.75, 3.05) is 0 Å². The van der Waals surface area contributed by atoms with Gasteiger partial charge in [-0.25, -0.2) is 13.5 Å². The highest BCUT2D eigenvalue weighted by atomic mass is 19.2. The van der Waals surface area contributed by atoms with Gasteiger partial charge in [0.25, 0.3) is 0 Å². The molecule has 1 aromatic heterocycles. The maximum Gasteiger partial charge on any atom is 0.160 e. The molecule has 2 aromatic carbocycles. The van der Waals surface area contributed by atoms with Gasteiger partial charge < -0.3 is 5.32 Å². The minimum Gasteiger partial charge on any atom is -0.307 e. The first kappa shape index (κ1) is 13.1. The third kappa shape index (κ3) is 2.00. The molecule has 110 valence electrons. The number of hydrogen-bond acceptors (Lipinski definition) is 3. The Labute approximate surface area is 125 Å². The minimum atomic E-state index is -0.886. The first-order valence-corrected chi connectivity index (χ1v) is 6.93. The zero-order chi connectivity index (χ0) is 15.1. The molecule has 0 bridgehead atoms. The van der Waals surface area contributed by atoms with E-state index in [-0.39, 0.29) is 0 Å². The highest BCUT2D eigenvalue weighted by Crippen LogP contribution is 2.27. The van der Waals surface area contributed by atoms with E-state index in [1.165, 1.54) is 12.1 Å². The Morgan fingerprint density at radius 2 is 1.77 bits per heavy atom. The Bertz CT molecular complexity index is 843. The number of nitrogens with zero attached hydrogens (tertiary/aromatic N) is 3. The number of halogens is 2. The van der Waals surface area contributed by atoms with Crippen LogP contribution in [-0.2, 0) is 13.1 Å². The SMILES string of the molecule is Fc1cc2c(cc1F)-n1nnc(-c3ccccc3)c1CNC2. The number of rotatable bonds is 1. The van der Waals surface area contributed by atoms with Crippen LogP contribution in [0.4, 0.5) is 8.78 Å². The van der Waals surface area contributed by atoms with Gasteiger partial charge >= 0.3 is 0 Å². The lowest BCUT2D eigenvalue weighted by Gasteiger charge is -2.07. The fraction of sp³-hybridized carbons (Fsp3) is 0.125. The average molecular weight is 298 g/mol. The van der Waals surface area contributed by atoms with Crippen molar-refractivity contribution < 1.29 is 8.78 Å². The van der Waals surface area contributed by atoms with Crippen LogP contribution in [-0.4, -0.2) is 15.0 Å². The van der Waals surface area contributed by atoms with E-state index in [2.05, 4.69) is 15.6 Å². The molecule has 4 nitrogen and oxygen atoms in total. The predicted molar refractivity (Wildman–Crippen MR) is 77.3 cm³/mol. The monoisotopic (exact) mass is 298 g/mol. The van der Waals surface area contributed by atoms with Gasteiger partial charge in [-0.3, -0.25) is 0 Å².